The molecule has 0 bridgehead atoms. The van der Waals surface area contributed by atoms with Crippen molar-refractivity contribution in [2.75, 3.05) is 13.7 Å². The number of ketones is 1. The lowest BCUT2D eigenvalue weighted by Crippen LogP contribution is -1.98. The van der Waals surface area contributed by atoms with Gasteiger partial charge in [0, 0.05) is 20.1 Å². The summed E-state index contributed by atoms with van der Waals surface area (Å²) in [6, 6.07) is 3.75. The second kappa shape index (κ2) is 5.52. The number of carbonyl (C=O) groups excluding carboxylic acids is 1. The maximum atomic E-state index is 11.5. The summed E-state index contributed by atoms with van der Waals surface area (Å²) in [5.74, 6) is 0.202. The Balaban J connectivity index is 2.40. The minimum atomic E-state index is 0.202. The number of ether oxygens (including phenoxy) is 1. The van der Waals surface area contributed by atoms with Gasteiger partial charge in [-0.05, 0) is 34.5 Å². The van der Waals surface area contributed by atoms with Gasteiger partial charge in [-0.25, -0.2) is 0 Å². The fraction of sp³-hybridized carbons (Fsp3) is 0.444. The van der Waals surface area contributed by atoms with Crippen LogP contribution >= 0.6 is 27.3 Å². The fourth-order valence-electron chi connectivity index (χ4n) is 0.964. The van der Waals surface area contributed by atoms with Gasteiger partial charge in [0.25, 0.3) is 0 Å². The summed E-state index contributed by atoms with van der Waals surface area (Å²) in [5.41, 5.74) is 0. The molecule has 0 radical (unpaired) electrons. The number of hydrogen-bond acceptors (Lipinski definition) is 3. The lowest BCUT2D eigenvalue weighted by molar-refractivity contribution is 0.0967. The Bertz CT molecular complexity index is 283. The second-order valence-electron chi connectivity index (χ2n) is 2.62. The minimum Gasteiger partial charge on any atom is -0.385 e. The second-order valence-corrected chi connectivity index (χ2v) is 5.09. The number of halogens is 1. The standard InChI is InChI=1S/C9H11BrO2S/c1-12-6-2-3-7(11)8-4-5-9(10)13-8/h4-5H,2-3,6H2,1H3. The largest absolute Gasteiger partial charge is 0.385 e. The van der Waals surface area contributed by atoms with Crippen LogP contribution in [0.5, 0.6) is 0 Å². The van der Waals surface area contributed by atoms with E-state index in [4.69, 9.17) is 4.74 Å². The molecule has 1 aromatic rings. The van der Waals surface area contributed by atoms with Gasteiger partial charge in [-0.2, -0.15) is 0 Å². The van der Waals surface area contributed by atoms with E-state index in [1.807, 2.05) is 12.1 Å². The molecule has 4 heteroatoms. The highest BCUT2D eigenvalue weighted by Crippen LogP contribution is 2.23. The van der Waals surface area contributed by atoms with Gasteiger partial charge >= 0.3 is 0 Å². The number of carbonyl (C=O) groups is 1. The van der Waals surface area contributed by atoms with Crippen LogP contribution in [0.2, 0.25) is 0 Å². The van der Waals surface area contributed by atoms with Crippen molar-refractivity contribution in [3.8, 4) is 0 Å². The van der Waals surface area contributed by atoms with Gasteiger partial charge in [-0.15, -0.1) is 11.3 Å². The van der Waals surface area contributed by atoms with Crippen LogP contribution in [0.4, 0.5) is 0 Å². The molecule has 0 saturated carbocycles. The molecule has 0 aliphatic rings. The van der Waals surface area contributed by atoms with E-state index in [-0.39, 0.29) is 5.78 Å². The maximum Gasteiger partial charge on any atom is 0.172 e. The Morgan fingerprint density at radius 1 is 1.62 bits per heavy atom. The Kier molecular flexibility index (Phi) is 4.62. The Morgan fingerprint density at radius 2 is 2.38 bits per heavy atom. The highest BCUT2D eigenvalue weighted by molar-refractivity contribution is 9.11. The van der Waals surface area contributed by atoms with Crippen molar-refractivity contribution < 1.29 is 9.53 Å². The van der Waals surface area contributed by atoms with E-state index in [1.165, 1.54) is 11.3 Å². The van der Waals surface area contributed by atoms with Crippen molar-refractivity contribution in [2.24, 2.45) is 0 Å². The van der Waals surface area contributed by atoms with Crippen molar-refractivity contribution >= 4 is 33.0 Å². The molecule has 2 nitrogen and oxygen atoms in total. The predicted molar refractivity (Wildman–Crippen MR) is 57.5 cm³/mol. The summed E-state index contributed by atoms with van der Waals surface area (Å²) < 4.78 is 5.88. The quantitative estimate of drug-likeness (QED) is 0.602. The lowest BCUT2D eigenvalue weighted by Gasteiger charge is -1.96. The van der Waals surface area contributed by atoms with Crippen molar-refractivity contribution in [2.45, 2.75) is 12.8 Å². The first-order chi connectivity index (χ1) is 6.24. The smallest absolute Gasteiger partial charge is 0.172 e. The zero-order valence-corrected chi connectivity index (χ0v) is 9.78. The van der Waals surface area contributed by atoms with E-state index in [9.17, 15) is 4.79 Å². The highest BCUT2D eigenvalue weighted by Gasteiger charge is 2.07. The first-order valence-electron chi connectivity index (χ1n) is 4.01. The zero-order valence-electron chi connectivity index (χ0n) is 7.38. The SMILES string of the molecule is COCCCC(=O)c1ccc(Br)s1. The molecular weight excluding hydrogens is 252 g/mol. The van der Waals surface area contributed by atoms with Gasteiger partial charge in [-0.3, -0.25) is 4.79 Å². The normalized spacial score (nSPS) is 10.3. The summed E-state index contributed by atoms with van der Waals surface area (Å²) in [5, 5.41) is 0. The van der Waals surface area contributed by atoms with E-state index in [0.717, 1.165) is 15.1 Å². The van der Waals surface area contributed by atoms with Crippen molar-refractivity contribution in [1.82, 2.24) is 0 Å². The molecule has 0 aliphatic carbocycles. The van der Waals surface area contributed by atoms with E-state index in [1.54, 1.807) is 7.11 Å². The van der Waals surface area contributed by atoms with Gasteiger partial charge in [0.2, 0.25) is 0 Å². The van der Waals surface area contributed by atoms with Gasteiger partial charge < -0.3 is 4.74 Å². The van der Waals surface area contributed by atoms with Gasteiger partial charge in [0.15, 0.2) is 5.78 Å². The van der Waals surface area contributed by atoms with Crippen LogP contribution in [0.1, 0.15) is 22.5 Å². The third-order valence-corrected chi connectivity index (χ3v) is 3.27. The molecule has 0 saturated heterocycles. The minimum absolute atomic E-state index is 0.202. The van der Waals surface area contributed by atoms with E-state index in [2.05, 4.69) is 15.9 Å². The molecule has 0 amide bonds. The number of rotatable bonds is 5. The number of Topliss-reactive ketones (excluding diaryl/α,β-unsaturated/α-hetero) is 1. The van der Waals surface area contributed by atoms with Gasteiger partial charge in [0.1, 0.15) is 0 Å². The Labute approximate surface area is 90.0 Å². The first kappa shape index (κ1) is 10.9. The third-order valence-electron chi connectivity index (χ3n) is 1.60. The monoisotopic (exact) mass is 262 g/mol. The molecule has 0 aromatic carbocycles. The van der Waals surface area contributed by atoms with Crippen LogP contribution in [0, 0.1) is 0 Å². The first-order valence-corrected chi connectivity index (χ1v) is 5.62. The van der Waals surface area contributed by atoms with Crippen LogP contribution in [0.3, 0.4) is 0 Å². The number of methoxy groups -OCH3 is 1. The number of thiophene rings is 1. The zero-order chi connectivity index (χ0) is 9.68. The summed E-state index contributed by atoms with van der Waals surface area (Å²) in [4.78, 5) is 12.3. The highest BCUT2D eigenvalue weighted by atomic mass is 79.9. The molecule has 13 heavy (non-hydrogen) atoms. The van der Waals surface area contributed by atoms with Gasteiger partial charge in [-0.1, -0.05) is 0 Å². The molecule has 0 N–H and O–H groups in total. The summed E-state index contributed by atoms with van der Waals surface area (Å²) in [7, 11) is 1.65. The Hall–Kier alpha value is -0.190. The molecule has 1 aromatic heterocycles. The molecule has 0 atom stereocenters. The van der Waals surface area contributed by atoms with Crippen LogP contribution in [0.25, 0.3) is 0 Å². The number of hydrogen-bond donors (Lipinski definition) is 0. The maximum absolute atomic E-state index is 11.5. The Morgan fingerprint density at radius 3 is 2.92 bits per heavy atom. The van der Waals surface area contributed by atoms with E-state index in [0.29, 0.717) is 13.0 Å². The molecule has 1 rings (SSSR count). The topological polar surface area (TPSA) is 26.3 Å². The van der Waals surface area contributed by atoms with Crippen molar-refractivity contribution in [3.05, 3.63) is 20.8 Å². The van der Waals surface area contributed by atoms with E-state index >= 15 is 0 Å². The van der Waals surface area contributed by atoms with Crippen LogP contribution < -0.4 is 0 Å². The van der Waals surface area contributed by atoms with Crippen molar-refractivity contribution in [3.63, 3.8) is 0 Å². The van der Waals surface area contributed by atoms with Gasteiger partial charge in [0.05, 0.1) is 8.66 Å². The molecule has 0 spiro atoms. The summed E-state index contributed by atoms with van der Waals surface area (Å²) in [6.07, 6.45) is 1.37. The van der Waals surface area contributed by atoms with Crippen molar-refractivity contribution in [1.29, 1.82) is 0 Å². The molecule has 1 heterocycles. The molecular formula is C9H11BrO2S. The summed E-state index contributed by atoms with van der Waals surface area (Å²) in [6.45, 7) is 0.651. The van der Waals surface area contributed by atoms with Crippen LogP contribution in [-0.4, -0.2) is 19.5 Å². The van der Waals surface area contributed by atoms with E-state index < -0.39 is 0 Å². The predicted octanol–water partition coefficient (Wildman–Crippen LogP) is 3.12. The van der Waals surface area contributed by atoms with Crippen LogP contribution in [-0.2, 0) is 4.74 Å². The lowest BCUT2D eigenvalue weighted by atomic mass is 10.2. The molecule has 0 unspecified atom stereocenters. The summed E-state index contributed by atoms with van der Waals surface area (Å²) >= 11 is 4.80. The molecule has 0 aliphatic heterocycles. The average molecular weight is 263 g/mol. The third kappa shape index (κ3) is 3.58. The molecule has 0 fully saturated rings. The van der Waals surface area contributed by atoms with Crippen LogP contribution in [0.15, 0.2) is 15.9 Å². The average Bonchev–Trinajstić information content (AvgIpc) is 2.52. The fourth-order valence-corrected chi connectivity index (χ4v) is 2.32. The molecule has 72 valence electrons.